The van der Waals surface area contributed by atoms with Crippen molar-refractivity contribution in [3.63, 3.8) is 0 Å². The second-order valence-electron chi connectivity index (χ2n) is 4.42. The minimum Gasteiger partial charge on any atom is -0.410 e. The average molecular weight is 373 g/mol. The van der Waals surface area contributed by atoms with Gasteiger partial charge in [-0.1, -0.05) is 28.1 Å². The smallest absolute Gasteiger partial charge is 0.138 e. The number of alkyl halides is 1. The first-order valence-corrected chi connectivity index (χ1v) is 8.38. The van der Waals surface area contributed by atoms with Crippen LogP contribution in [0.3, 0.4) is 0 Å². The molecule has 0 saturated carbocycles. The van der Waals surface area contributed by atoms with Crippen molar-refractivity contribution in [3.8, 4) is 0 Å². The Bertz CT molecular complexity index is 535. The van der Waals surface area contributed by atoms with Gasteiger partial charge in [-0.15, -0.1) is 0 Å². The lowest BCUT2D eigenvalue weighted by molar-refractivity contribution is -0.00144. The minimum atomic E-state index is 0.467. The van der Waals surface area contributed by atoms with Gasteiger partial charge in [0.25, 0.3) is 0 Å². The molecule has 2 rings (SSSR count). The summed E-state index contributed by atoms with van der Waals surface area (Å²) in [4.78, 5) is 9.85. The van der Waals surface area contributed by atoms with Crippen molar-refractivity contribution >= 4 is 27.0 Å². The highest BCUT2D eigenvalue weighted by atomic mass is 79.9. The summed E-state index contributed by atoms with van der Waals surface area (Å²) in [5.74, 6) is 0. The van der Waals surface area contributed by atoms with Crippen LogP contribution in [0, 0.1) is 0 Å². The van der Waals surface area contributed by atoms with Crippen LogP contribution in [0.25, 0.3) is 11.0 Å². The summed E-state index contributed by atoms with van der Waals surface area (Å²) in [5, 5.41) is 0.850. The maximum Gasteiger partial charge on any atom is 0.138 e. The molecule has 0 amide bonds. The Morgan fingerprint density at radius 2 is 1.50 bits per heavy atom. The molecule has 0 aliphatic carbocycles. The van der Waals surface area contributed by atoms with Gasteiger partial charge in [0.2, 0.25) is 0 Å². The first kappa shape index (κ1) is 17.2. The van der Waals surface area contributed by atoms with E-state index in [0.29, 0.717) is 46.2 Å². The zero-order chi connectivity index (χ0) is 15.5. The molecular weight excluding hydrogens is 352 g/mol. The predicted octanol–water partition coefficient (Wildman–Crippen LogP) is 1.91. The Morgan fingerprint density at radius 1 is 0.864 bits per heavy atom. The Labute approximate surface area is 138 Å². The number of hydrogen-bond donors (Lipinski definition) is 0. The van der Waals surface area contributed by atoms with E-state index in [9.17, 15) is 0 Å². The standard InChI is InChI=1S/C15H21BrN2O4/c16-5-6-19-7-8-20-9-10-21-11-12-22-18-13-17-14-3-1-2-4-15(14)18/h1-4,13H,5-12H2. The molecule has 0 saturated heterocycles. The van der Waals surface area contributed by atoms with Gasteiger partial charge in [-0.2, -0.15) is 4.73 Å². The van der Waals surface area contributed by atoms with Gasteiger partial charge in [0.05, 0.1) is 45.2 Å². The fraction of sp³-hybridized carbons (Fsp3) is 0.533. The van der Waals surface area contributed by atoms with Gasteiger partial charge in [0.1, 0.15) is 18.5 Å². The lowest BCUT2D eigenvalue weighted by Crippen LogP contribution is -2.17. The van der Waals surface area contributed by atoms with E-state index in [4.69, 9.17) is 19.0 Å². The number of halogens is 1. The second-order valence-corrected chi connectivity index (χ2v) is 5.21. The van der Waals surface area contributed by atoms with Gasteiger partial charge in [-0.3, -0.25) is 0 Å². The van der Waals surface area contributed by atoms with Gasteiger partial charge in [-0.05, 0) is 12.1 Å². The number of aromatic nitrogens is 2. The fourth-order valence-corrected chi connectivity index (χ4v) is 2.06. The van der Waals surface area contributed by atoms with Crippen LogP contribution in [0.5, 0.6) is 0 Å². The molecule has 6 nitrogen and oxygen atoms in total. The number of rotatable bonds is 12. The molecular formula is C15H21BrN2O4. The number of fused-ring (bicyclic) bond motifs is 1. The van der Waals surface area contributed by atoms with Crippen LogP contribution < -0.4 is 4.84 Å². The molecule has 122 valence electrons. The van der Waals surface area contributed by atoms with E-state index in [1.165, 1.54) is 0 Å². The predicted molar refractivity (Wildman–Crippen MR) is 87.4 cm³/mol. The zero-order valence-electron chi connectivity index (χ0n) is 12.4. The van der Waals surface area contributed by atoms with Gasteiger partial charge in [-0.25, -0.2) is 4.98 Å². The van der Waals surface area contributed by atoms with Crippen LogP contribution in [-0.4, -0.2) is 61.3 Å². The van der Waals surface area contributed by atoms with Crippen molar-refractivity contribution in [2.75, 3.05) is 51.6 Å². The minimum absolute atomic E-state index is 0.467. The largest absolute Gasteiger partial charge is 0.410 e. The third kappa shape index (κ3) is 5.92. The van der Waals surface area contributed by atoms with E-state index in [0.717, 1.165) is 16.4 Å². The first-order valence-electron chi connectivity index (χ1n) is 7.26. The summed E-state index contributed by atoms with van der Waals surface area (Å²) >= 11 is 3.29. The highest BCUT2D eigenvalue weighted by Crippen LogP contribution is 2.09. The van der Waals surface area contributed by atoms with Crippen molar-refractivity contribution in [2.45, 2.75) is 0 Å². The van der Waals surface area contributed by atoms with E-state index in [2.05, 4.69) is 20.9 Å². The fourth-order valence-electron chi connectivity index (χ4n) is 1.83. The topological polar surface area (TPSA) is 54.7 Å². The Hall–Kier alpha value is -1.15. The van der Waals surface area contributed by atoms with Crippen molar-refractivity contribution in [1.29, 1.82) is 0 Å². The van der Waals surface area contributed by atoms with Crippen LogP contribution in [0.4, 0.5) is 0 Å². The van der Waals surface area contributed by atoms with E-state index in [1.54, 1.807) is 11.1 Å². The molecule has 0 fully saturated rings. The lowest BCUT2D eigenvalue weighted by atomic mass is 10.3. The maximum atomic E-state index is 5.60. The Balaban J connectivity index is 1.48. The summed E-state index contributed by atoms with van der Waals surface area (Å²) in [7, 11) is 0. The van der Waals surface area contributed by atoms with Crippen LogP contribution in [-0.2, 0) is 14.2 Å². The third-order valence-corrected chi connectivity index (χ3v) is 3.17. The normalized spacial score (nSPS) is 11.1. The molecule has 0 unspecified atom stereocenters. The summed E-state index contributed by atoms with van der Waals surface area (Å²) in [6.07, 6.45) is 1.67. The summed E-state index contributed by atoms with van der Waals surface area (Å²) < 4.78 is 17.7. The molecule has 0 spiro atoms. The number of para-hydroxylation sites is 2. The average Bonchev–Trinajstić information content (AvgIpc) is 2.96. The highest BCUT2D eigenvalue weighted by Gasteiger charge is 2.01. The molecule has 0 N–H and O–H groups in total. The van der Waals surface area contributed by atoms with Gasteiger partial charge in [0, 0.05) is 5.33 Å². The summed E-state index contributed by atoms with van der Waals surface area (Å²) in [6, 6.07) is 7.83. The molecule has 0 atom stereocenters. The van der Waals surface area contributed by atoms with Crippen molar-refractivity contribution in [2.24, 2.45) is 0 Å². The molecule has 0 bridgehead atoms. The van der Waals surface area contributed by atoms with E-state index >= 15 is 0 Å². The zero-order valence-corrected chi connectivity index (χ0v) is 14.0. The highest BCUT2D eigenvalue weighted by molar-refractivity contribution is 9.09. The summed E-state index contributed by atoms with van der Waals surface area (Å²) in [5.41, 5.74) is 1.87. The number of benzene rings is 1. The van der Waals surface area contributed by atoms with E-state index in [-0.39, 0.29) is 0 Å². The molecule has 1 heterocycles. The molecule has 0 aliphatic rings. The van der Waals surface area contributed by atoms with Crippen molar-refractivity contribution < 1.29 is 19.0 Å². The molecule has 2 aromatic rings. The number of ether oxygens (including phenoxy) is 3. The summed E-state index contributed by atoms with van der Waals surface area (Å²) in [6.45, 7) is 4.00. The number of nitrogens with zero attached hydrogens (tertiary/aromatic N) is 2. The van der Waals surface area contributed by atoms with E-state index in [1.807, 2.05) is 24.3 Å². The second kappa shape index (κ2) is 10.6. The van der Waals surface area contributed by atoms with Gasteiger partial charge >= 0.3 is 0 Å². The van der Waals surface area contributed by atoms with Crippen LogP contribution in [0.15, 0.2) is 30.6 Å². The lowest BCUT2D eigenvalue weighted by Gasteiger charge is -2.08. The first-order chi connectivity index (χ1) is 10.9. The monoisotopic (exact) mass is 372 g/mol. The molecule has 1 aromatic carbocycles. The van der Waals surface area contributed by atoms with Crippen molar-refractivity contribution in [1.82, 2.24) is 9.71 Å². The molecule has 0 aliphatic heterocycles. The quantitative estimate of drug-likeness (QED) is 0.420. The molecule has 22 heavy (non-hydrogen) atoms. The maximum absolute atomic E-state index is 5.60. The SMILES string of the molecule is BrCCOCCOCCOCCOn1cnc2ccccc21. The van der Waals surface area contributed by atoms with Gasteiger partial charge in [0.15, 0.2) is 0 Å². The Morgan fingerprint density at radius 3 is 2.23 bits per heavy atom. The Kier molecular flexibility index (Phi) is 8.26. The number of hydrogen-bond acceptors (Lipinski definition) is 5. The number of imidazole rings is 1. The van der Waals surface area contributed by atoms with Crippen LogP contribution in [0.2, 0.25) is 0 Å². The van der Waals surface area contributed by atoms with E-state index < -0.39 is 0 Å². The molecule has 1 aromatic heterocycles. The molecule has 7 heteroatoms. The van der Waals surface area contributed by atoms with Crippen molar-refractivity contribution in [3.05, 3.63) is 30.6 Å². The van der Waals surface area contributed by atoms with Crippen LogP contribution >= 0.6 is 15.9 Å². The van der Waals surface area contributed by atoms with Gasteiger partial charge < -0.3 is 19.0 Å². The molecule has 0 radical (unpaired) electrons. The van der Waals surface area contributed by atoms with Crippen LogP contribution in [0.1, 0.15) is 0 Å². The third-order valence-electron chi connectivity index (χ3n) is 2.84.